The maximum absolute atomic E-state index is 13.1. The van der Waals surface area contributed by atoms with Gasteiger partial charge in [-0.05, 0) is 46.2 Å². The normalized spacial score (nSPS) is 20.8. The molecule has 3 aromatic rings. The topological polar surface area (TPSA) is 84.1 Å². The molecule has 0 radical (unpaired) electrons. The van der Waals surface area contributed by atoms with Crippen LogP contribution in [0.4, 0.5) is 5.69 Å². The van der Waals surface area contributed by atoms with E-state index in [-0.39, 0.29) is 5.91 Å². The summed E-state index contributed by atoms with van der Waals surface area (Å²) in [7, 11) is 0. The first-order valence-corrected chi connectivity index (χ1v) is 10.7. The molecule has 1 aromatic carbocycles. The molecule has 3 heterocycles. The molecule has 0 saturated carbocycles. The molecule has 0 spiro atoms. The number of hydrogen-bond acceptors (Lipinski definition) is 5. The molecule has 1 aliphatic rings. The summed E-state index contributed by atoms with van der Waals surface area (Å²) in [5.74, 6) is -0.668. The van der Waals surface area contributed by atoms with Crippen molar-refractivity contribution < 1.29 is 19.4 Å². The van der Waals surface area contributed by atoms with Gasteiger partial charge in [-0.25, -0.2) is 4.98 Å². The van der Waals surface area contributed by atoms with Gasteiger partial charge in [0.25, 0.3) is 0 Å². The van der Waals surface area contributed by atoms with Gasteiger partial charge >= 0.3 is 5.97 Å². The average Bonchev–Trinajstić information content (AvgIpc) is 3.03. The molecule has 0 aliphatic carbocycles. The molecule has 7 nitrogen and oxygen atoms in total. The van der Waals surface area contributed by atoms with Crippen molar-refractivity contribution in [3.8, 4) is 0 Å². The van der Waals surface area contributed by atoms with Gasteiger partial charge in [0.1, 0.15) is 12.1 Å². The fourth-order valence-corrected chi connectivity index (χ4v) is 4.23. The van der Waals surface area contributed by atoms with E-state index in [1.54, 1.807) is 31.7 Å². The van der Waals surface area contributed by atoms with E-state index in [2.05, 4.69) is 0 Å². The molecule has 7 heteroatoms. The van der Waals surface area contributed by atoms with Crippen molar-refractivity contribution in [2.75, 3.05) is 4.90 Å². The van der Waals surface area contributed by atoms with E-state index in [1.165, 1.54) is 6.92 Å². The summed E-state index contributed by atoms with van der Waals surface area (Å²) >= 11 is 0. The van der Waals surface area contributed by atoms with Gasteiger partial charge in [0.05, 0.1) is 16.8 Å². The van der Waals surface area contributed by atoms with E-state index in [0.717, 1.165) is 17.0 Å². The summed E-state index contributed by atoms with van der Waals surface area (Å²) in [5.41, 5.74) is 3.45. The highest BCUT2D eigenvalue weighted by Crippen LogP contribution is 2.47. The van der Waals surface area contributed by atoms with Crippen molar-refractivity contribution in [2.24, 2.45) is 5.41 Å². The van der Waals surface area contributed by atoms with Gasteiger partial charge in [-0.15, -0.1) is 0 Å². The third kappa shape index (κ3) is 3.46. The highest BCUT2D eigenvalue weighted by atomic mass is 16.6. The third-order valence-electron chi connectivity index (χ3n) is 6.07. The quantitative estimate of drug-likeness (QED) is 0.614. The molecule has 2 aromatic heterocycles. The minimum absolute atomic E-state index is 0.227. The predicted molar refractivity (Wildman–Crippen MR) is 121 cm³/mol. The maximum atomic E-state index is 13.1. The Balaban J connectivity index is 1.99. The van der Waals surface area contributed by atoms with Gasteiger partial charge in [-0.2, -0.15) is 0 Å². The van der Waals surface area contributed by atoms with Crippen LogP contribution >= 0.6 is 0 Å². The summed E-state index contributed by atoms with van der Waals surface area (Å²) in [5, 5.41) is 11.5. The Hall–Kier alpha value is -3.19. The first-order chi connectivity index (χ1) is 15.0. The zero-order valence-electron chi connectivity index (χ0n) is 19.3. The number of benzene rings is 1. The standard InChI is InChI=1S/C25H29N3O4/c1-14-15(2)27-13-12-18-20(23(27)26-14)28(16(3)29)19(17-10-8-7-9-11-17)22(21(18)30)32-24(31)25(4,5)6/h7-13,19,21-22,30H,1-6H3. The minimum Gasteiger partial charge on any atom is -0.456 e. The van der Waals surface area contributed by atoms with Crippen LogP contribution in [0.5, 0.6) is 0 Å². The lowest BCUT2D eigenvalue weighted by atomic mass is 9.86. The monoisotopic (exact) mass is 435 g/mol. The lowest BCUT2D eigenvalue weighted by molar-refractivity contribution is -0.168. The molecule has 1 N–H and O–H groups in total. The number of carbonyl (C=O) groups excluding carboxylic acids is 2. The number of aliphatic hydroxyl groups excluding tert-OH is 1. The maximum Gasteiger partial charge on any atom is 0.311 e. The van der Waals surface area contributed by atoms with Crippen LogP contribution in [-0.4, -0.2) is 32.5 Å². The van der Waals surface area contributed by atoms with Gasteiger partial charge in [-0.1, -0.05) is 30.3 Å². The number of hydrogen-bond donors (Lipinski definition) is 1. The number of aliphatic hydroxyl groups is 1. The van der Waals surface area contributed by atoms with E-state index >= 15 is 0 Å². The van der Waals surface area contributed by atoms with Crippen molar-refractivity contribution >= 4 is 23.2 Å². The molecule has 3 unspecified atom stereocenters. The molecule has 0 saturated heterocycles. The summed E-state index contributed by atoms with van der Waals surface area (Å²) in [6, 6.07) is 10.4. The lowest BCUT2D eigenvalue weighted by Crippen LogP contribution is -2.49. The number of rotatable bonds is 2. The van der Waals surface area contributed by atoms with Crippen LogP contribution in [0.1, 0.15) is 62.4 Å². The SMILES string of the molecule is CC(=O)N1c2c(ccn3c(C)c(C)nc23)C(O)C(OC(=O)C(C)(C)C)C1c1ccccc1. The largest absolute Gasteiger partial charge is 0.456 e. The number of imidazole rings is 1. The number of amides is 1. The molecule has 1 amide bonds. The fraction of sp³-hybridized carbons (Fsp3) is 0.400. The van der Waals surface area contributed by atoms with Gasteiger partial charge < -0.3 is 14.2 Å². The van der Waals surface area contributed by atoms with Crippen molar-refractivity contribution in [3.63, 3.8) is 0 Å². The Morgan fingerprint density at radius 2 is 1.75 bits per heavy atom. The van der Waals surface area contributed by atoms with E-state index in [4.69, 9.17) is 9.72 Å². The van der Waals surface area contributed by atoms with Crippen LogP contribution in [0.3, 0.4) is 0 Å². The van der Waals surface area contributed by atoms with Gasteiger partial charge in [0, 0.05) is 24.4 Å². The predicted octanol–water partition coefficient (Wildman–Crippen LogP) is 4.05. The Labute approximate surface area is 187 Å². The van der Waals surface area contributed by atoms with Crippen LogP contribution < -0.4 is 4.90 Å². The zero-order chi connectivity index (χ0) is 23.4. The summed E-state index contributed by atoms with van der Waals surface area (Å²) < 4.78 is 7.82. The van der Waals surface area contributed by atoms with E-state index in [9.17, 15) is 14.7 Å². The number of ether oxygens (including phenoxy) is 1. The third-order valence-corrected chi connectivity index (χ3v) is 6.07. The number of fused-ring (bicyclic) bond motifs is 3. The van der Waals surface area contributed by atoms with Crippen molar-refractivity contribution in [1.29, 1.82) is 0 Å². The molecule has 0 bridgehead atoms. The number of esters is 1. The molecule has 32 heavy (non-hydrogen) atoms. The van der Waals surface area contributed by atoms with Crippen molar-refractivity contribution in [1.82, 2.24) is 9.38 Å². The molecular weight excluding hydrogens is 406 g/mol. The first-order valence-electron chi connectivity index (χ1n) is 10.7. The molecular formula is C25H29N3O4. The van der Waals surface area contributed by atoms with E-state index < -0.39 is 29.6 Å². The Kier molecular flexibility index (Phi) is 5.33. The summed E-state index contributed by atoms with van der Waals surface area (Å²) in [4.78, 5) is 32.2. The number of nitrogens with zero attached hydrogens (tertiary/aromatic N) is 3. The number of carbonyl (C=O) groups is 2. The van der Waals surface area contributed by atoms with Crippen LogP contribution in [0.2, 0.25) is 0 Å². The highest BCUT2D eigenvalue weighted by Gasteiger charge is 2.47. The van der Waals surface area contributed by atoms with E-state index in [1.807, 2.05) is 54.8 Å². The average molecular weight is 436 g/mol. The minimum atomic E-state index is -1.13. The molecule has 4 rings (SSSR count). The Bertz CT molecular complexity index is 1190. The smallest absolute Gasteiger partial charge is 0.311 e. The summed E-state index contributed by atoms with van der Waals surface area (Å²) in [6.07, 6.45) is -0.268. The lowest BCUT2D eigenvalue weighted by Gasteiger charge is -2.44. The Morgan fingerprint density at radius 1 is 1.09 bits per heavy atom. The number of aryl methyl sites for hydroxylation is 2. The van der Waals surface area contributed by atoms with Gasteiger partial charge in [0.15, 0.2) is 11.8 Å². The van der Waals surface area contributed by atoms with Crippen LogP contribution in [0.25, 0.3) is 5.65 Å². The fourth-order valence-electron chi connectivity index (χ4n) is 4.23. The van der Waals surface area contributed by atoms with Gasteiger partial charge in [-0.3, -0.25) is 14.5 Å². The van der Waals surface area contributed by atoms with E-state index in [0.29, 0.717) is 16.9 Å². The first kappa shape index (κ1) is 22.0. The van der Waals surface area contributed by atoms with Crippen LogP contribution in [0, 0.1) is 19.3 Å². The highest BCUT2D eigenvalue weighted by molar-refractivity contribution is 5.98. The van der Waals surface area contributed by atoms with Gasteiger partial charge in [0.2, 0.25) is 5.91 Å². The second-order valence-corrected chi connectivity index (χ2v) is 9.41. The Morgan fingerprint density at radius 3 is 2.34 bits per heavy atom. The van der Waals surface area contributed by atoms with Crippen molar-refractivity contribution in [3.05, 3.63) is 65.1 Å². The second-order valence-electron chi connectivity index (χ2n) is 9.41. The number of anilines is 1. The molecule has 168 valence electrons. The number of aromatic nitrogens is 2. The number of pyridine rings is 1. The molecule has 0 fully saturated rings. The van der Waals surface area contributed by atoms with Crippen LogP contribution in [-0.2, 0) is 14.3 Å². The molecule has 1 aliphatic heterocycles. The van der Waals surface area contributed by atoms with Crippen LogP contribution in [0.15, 0.2) is 42.6 Å². The summed E-state index contributed by atoms with van der Waals surface area (Å²) in [6.45, 7) is 10.6. The van der Waals surface area contributed by atoms with Crippen molar-refractivity contribution in [2.45, 2.75) is 59.8 Å². The molecule has 3 atom stereocenters. The zero-order valence-corrected chi connectivity index (χ0v) is 19.3. The second kappa shape index (κ2) is 7.74.